The average molecular weight is 258 g/mol. The van der Waals surface area contributed by atoms with Gasteiger partial charge in [0.05, 0.1) is 12.6 Å². The Morgan fingerprint density at radius 2 is 2.21 bits per heavy atom. The van der Waals surface area contributed by atoms with Gasteiger partial charge in [-0.25, -0.2) is 0 Å². The molecule has 0 radical (unpaired) electrons. The summed E-state index contributed by atoms with van der Waals surface area (Å²) in [5, 5.41) is 14.4. The number of fused-ring (bicyclic) bond motifs is 1. The van der Waals surface area contributed by atoms with Gasteiger partial charge in [-0.2, -0.15) is 0 Å². The van der Waals surface area contributed by atoms with Crippen LogP contribution in [-0.4, -0.2) is 17.2 Å². The second-order valence-electron chi connectivity index (χ2n) is 4.82. The summed E-state index contributed by atoms with van der Waals surface area (Å²) in [4.78, 5) is 0. The van der Waals surface area contributed by atoms with E-state index in [1.54, 1.807) is 0 Å². The van der Waals surface area contributed by atoms with Crippen molar-refractivity contribution < 1.29 is 4.42 Å². The first-order valence-electron chi connectivity index (χ1n) is 6.68. The smallest absolute Gasteiger partial charge is 0.315 e. The molecule has 3 rings (SSSR count). The van der Waals surface area contributed by atoms with Crippen LogP contribution >= 0.6 is 0 Å². The van der Waals surface area contributed by atoms with Crippen LogP contribution < -0.4 is 10.6 Å². The Morgan fingerprint density at radius 1 is 1.32 bits per heavy atom. The molecule has 0 aliphatic heterocycles. The molecule has 1 unspecified atom stereocenters. The van der Waals surface area contributed by atoms with E-state index < -0.39 is 0 Å². The highest BCUT2D eigenvalue weighted by molar-refractivity contribution is 5.37. The van der Waals surface area contributed by atoms with Gasteiger partial charge in [-0.3, -0.25) is 0 Å². The Morgan fingerprint density at radius 3 is 3.11 bits per heavy atom. The molecular weight excluding hydrogens is 240 g/mol. The van der Waals surface area contributed by atoms with Crippen molar-refractivity contribution in [3.05, 3.63) is 41.3 Å². The Bertz CT molecular complexity index is 552. The molecule has 5 heteroatoms. The number of anilines is 1. The van der Waals surface area contributed by atoms with E-state index in [9.17, 15) is 0 Å². The number of aryl methyl sites for hydroxylation is 1. The second-order valence-corrected chi connectivity index (χ2v) is 4.82. The van der Waals surface area contributed by atoms with Gasteiger partial charge in [-0.05, 0) is 37.4 Å². The molecule has 0 amide bonds. The number of aromatic nitrogens is 2. The molecule has 19 heavy (non-hydrogen) atoms. The Labute approximate surface area is 112 Å². The van der Waals surface area contributed by atoms with E-state index in [4.69, 9.17) is 4.42 Å². The predicted molar refractivity (Wildman–Crippen MR) is 72.8 cm³/mol. The number of rotatable bonds is 4. The molecule has 1 aromatic heterocycles. The molecule has 1 heterocycles. The molecule has 5 nitrogen and oxygen atoms in total. The lowest BCUT2D eigenvalue weighted by molar-refractivity contribution is 0.478. The first kappa shape index (κ1) is 12.2. The average Bonchev–Trinajstić information content (AvgIpc) is 2.87. The first-order valence-corrected chi connectivity index (χ1v) is 6.68. The number of hydrogen-bond acceptors (Lipinski definition) is 5. The third-order valence-electron chi connectivity index (χ3n) is 3.46. The molecule has 0 saturated heterocycles. The number of nitrogens with one attached hydrogen (secondary N) is 2. The SMILES string of the molecule is CNCc1nnc(NC2CCCc3ccccc32)o1. The fraction of sp³-hybridized carbons (Fsp3) is 0.429. The maximum atomic E-state index is 5.55. The lowest BCUT2D eigenvalue weighted by Gasteiger charge is -2.25. The van der Waals surface area contributed by atoms with Crippen molar-refractivity contribution in [3.63, 3.8) is 0 Å². The second kappa shape index (κ2) is 5.40. The lowest BCUT2D eigenvalue weighted by Crippen LogP contribution is -2.17. The summed E-state index contributed by atoms with van der Waals surface area (Å²) in [6, 6.07) is 9.33. The molecular formula is C14H18N4O. The lowest BCUT2D eigenvalue weighted by atomic mass is 9.88. The summed E-state index contributed by atoms with van der Waals surface area (Å²) < 4.78 is 5.55. The molecule has 0 spiro atoms. The van der Waals surface area contributed by atoms with E-state index in [-0.39, 0.29) is 6.04 Å². The summed E-state index contributed by atoms with van der Waals surface area (Å²) in [6.07, 6.45) is 3.44. The van der Waals surface area contributed by atoms with Gasteiger partial charge in [0.25, 0.3) is 0 Å². The Kier molecular flexibility index (Phi) is 3.46. The van der Waals surface area contributed by atoms with Crippen LogP contribution in [0.5, 0.6) is 0 Å². The van der Waals surface area contributed by atoms with Crippen molar-refractivity contribution in [1.29, 1.82) is 0 Å². The van der Waals surface area contributed by atoms with Crippen molar-refractivity contribution in [3.8, 4) is 0 Å². The van der Waals surface area contributed by atoms with E-state index in [0.29, 0.717) is 18.5 Å². The van der Waals surface area contributed by atoms with Crippen LogP contribution in [0.15, 0.2) is 28.7 Å². The quantitative estimate of drug-likeness (QED) is 0.881. The van der Waals surface area contributed by atoms with E-state index in [0.717, 1.165) is 12.8 Å². The van der Waals surface area contributed by atoms with Crippen molar-refractivity contribution in [2.45, 2.75) is 31.8 Å². The van der Waals surface area contributed by atoms with Crippen LogP contribution in [0.2, 0.25) is 0 Å². The van der Waals surface area contributed by atoms with Crippen LogP contribution in [0.1, 0.15) is 35.9 Å². The summed E-state index contributed by atoms with van der Waals surface area (Å²) in [6.45, 7) is 0.593. The van der Waals surface area contributed by atoms with Gasteiger partial charge in [0.15, 0.2) is 0 Å². The van der Waals surface area contributed by atoms with Gasteiger partial charge in [0.2, 0.25) is 5.89 Å². The van der Waals surface area contributed by atoms with Crippen LogP contribution in [0.3, 0.4) is 0 Å². The maximum absolute atomic E-state index is 5.55. The Hall–Kier alpha value is -1.88. The van der Waals surface area contributed by atoms with Gasteiger partial charge in [-0.1, -0.05) is 29.4 Å². The van der Waals surface area contributed by atoms with Crippen LogP contribution in [0, 0.1) is 0 Å². The summed E-state index contributed by atoms with van der Waals surface area (Å²) in [7, 11) is 1.86. The minimum absolute atomic E-state index is 0.271. The van der Waals surface area contributed by atoms with Crippen LogP contribution in [0.25, 0.3) is 0 Å². The zero-order valence-corrected chi connectivity index (χ0v) is 11.0. The molecule has 2 aromatic rings. The topological polar surface area (TPSA) is 63.0 Å². The predicted octanol–water partition coefficient (Wildman–Crippen LogP) is 2.28. The highest BCUT2D eigenvalue weighted by Crippen LogP contribution is 2.31. The maximum Gasteiger partial charge on any atom is 0.315 e. The van der Waals surface area contributed by atoms with Gasteiger partial charge in [0, 0.05) is 0 Å². The monoisotopic (exact) mass is 258 g/mol. The molecule has 1 aliphatic carbocycles. The molecule has 100 valence electrons. The number of benzene rings is 1. The van der Waals surface area contributed by atoms with E-state index in [1.807, 2.05) is 7.05 Å². The van der Waals surface area contributed by atoms with E-state index >= 15 is 0 Å². The molecule has 0 fully saturated rings. The van der Waals surface area contributed by atoms with Gasteiger partial charge in [-0.15, -0.1) is 5.10 Å². The molecule has 2 N–H and O–H groups in total. The molecule has 1 aromatic carbocycles. The van der Waals surface area contributed by atoms with Crippen molar-refractivity contribution in [2.24, 2.45) is 0 Å². The molecule has 0 saturated carbocycles. The first-order chi connectivity index (χ1) is 9.36. The van der Waals surface area contributed by atoms with Gasteiger partial charge >= 0.3 is 6.01 Å². The zero-order valence-electron chi connectivity index (χ0n) is 11.0. The minimum Gasteiger partial charge on any atom is -0.407 e. The van der Waals surface area contributed by atoms with Gasteiger partial charge < -0.3 is 15.1 Å². The molecule has 1 atom stereocenters. The standard InChI is InChI=1S/C14H18N4O/c1-15-9-13-17-18-14(19-13)16-12-8-4-6-10-5-2-3-7-11(10)12/h2-3,5,7,12,15H,4,6,8-9H2,1H3,(H,16,18). The fourth-order valence-electron chi connectivity index (χ4n) is 2.59. The highest BCUT2D eigenvalue weighted by Gasteiger charge is 2.21. The van der Waals surface area contributed by atoms with E-state index in [2.05, 4.69) is 45.1 Å². The van der Waals surface area contributed by atoms with Crippen LogP contribution in [-0.2, 0) is 13.0 Å². The third kappa shape index (κ3) is 2.61. The van der Waals surface area contributed by atoms with Crippen molar-refractivity contribution in [2.75, 3.05) is 12.4 Å². The summed E-state index contributed by atoms with van der Waals surface area (Å²) in [5.41, 5.74) is 2.77. The van der Waals surface area contributed by atoms with Crippen molar-refractivity contribution >= 4 is 6.01 Å². The number of nitrogens with zero attached hydrogens (tertiary/aromatic N) is 2. The summed E-state index contributed by atoms with van der Waals surface area (Å²) >= 11 is 0. The third-order valence-corrected chi connectivity index (χ3v) is 3.46. The van der Waals surface area contributed by atoms with Gasteiger partial charge in [0.1, 0.15) is 0 Å². The summed E-state index contributed by atoms with van der Waals surface area (Å²) in [5.74, 6) is 0.606. The van der Waals surface area contributed by atoms with E-state index in [1.165, 1.54) is 17.5 Å². The largest absolute Gasteiger partial charge is 0.407 e. The zero-order chi connectivity index (χ0) is 13.1. The molecule has 0 bridgehead atoms. The van der Waals surface area contributed by atoms with Crippen LogP contribution in [0.4, 0.5) is 6.01 Å². The Balaban J connectivity index is 1.76. The number of hydrogen-bond donors (Lipinski definition) is 2. The van der Waals surface area contributed by atoms with Crippen molar-refractivity contribution in [1.82, 2.24) is 15.5 Å². The normalized spacial score (nSPS) is 18.1. The minimum atomic E-state index is 0.271. The fourth-order valence-corrected chi connectivity index (χ4v) is 2.59. The molecule has 1 aliphatic rings. The highest BCUT2D eigenvalue weighted by atomic mass is 16.4.